The molecular weight excluding hydrogens is 350 g/mol. The van der Waals surface area contributed by atoms with Gasteiger partial charge in [0.25, 0.3) is 0 Å². The molecule has 1 atom stereocenters. The van der Waals surface area contributed by atoms with Gasteiger partial charge in [-0.05, 0) is 42.7 Å². The van der Waals surface area contributed by atoms with E-state index in [-0.39, 0.29) is 18.0 Å². The van der Waals surface area contributed by atoms with Crippen LogP contribution in [0.1, 0.15) is 18.4 Å². The van der Waals surface area contributed by atoms with Gasteiger partial charge in [-0.1, -0.05) is 41.9 Å². The molecule has 26 heavy (non-hydrogen) atoms. The van der Waals surface area contributed by atoms with Crippen LogP contribution in [0.5, 0.6) is 0 Å². The van der Waals surface area contributed by atoms with Crippen LogP contribution in [0, 0.1) is 0 Å². The molecule has 2 aromatic rings. The Labute approximate surface area is 158 Å². The number of rotatable bonds is 6. The maximum absolute atomic E-state index is 12.2. The molecule has 0 radical (unpaired) electrons. The summed E-state index contributed by atoms with van der Waals surface area (Å²) in [6.07, 6.45) is 2.10. The van der Waals surface area contributed by atoms with Crippen molar-refractivity contribution in [2.45, 2.75) is 25.3 Å². The van der Waals surface area contributed by atoms with Crippen LogP contribution in [-0.2, 0) is 11.2 Å². The smallest absolute Gasteiger partial charge is 0.315 e. The minimum Gasteiger partial charge on any atom is -0.338 e. The number of benzene rings is 2. The lowest BCUT2D eigenvalue weighted by molar-refractivity contribution is -0.117. The van der Waals surface area contributed by atoms with Crippen LogP contribution in [-0.4, -0.2) is 31.1 Å². The van der Waals surface area contributed by atoms with E-state index in [1.807, 2.05) is 30.3 Å². The highest BCUT2D eigenvalue weighted by Crippen LogP contribution is 2.23. The summed E-state index contributed by atoms with van der Waals surface area (Å²) in [5, 5.41) is 6.37. The summed E-state index contributed by atoms with van der Waals surface area (Å²) in [7, 11) is 0. The van der Waals surface area contributed by atoms with Gasteiger partial charge in [0.2, 0.25) is 5.91 Å². The Morgan fingerprint density at radius 1 is 1.12 bits per heavy atom. The van der Waals surface area contributed by atoms with Gasteiger partial charge in [-0.15, -0.1) is 0 Å². The molecule has 3 rings (SSSR count). The van der Waals surface area contributed by atoms with Crippen molar-refractivity contribution in [1.82, 2.24) is 10.6 Å². The summed E-state index contributed by atoms with van der Waals surface area (Å²) in [5.41, 5.74) is 2.06. The molecule has 1 unspecified atom stereocenters. The molecule has 0 aliphatic carbocycles. The Morgan fingerprint density at radius 3 is 2.58 bits per heavy atom. The number of nitrogens with zero attached hydrogens (tertiary/aromatic N) is 1. The Balaban J connectivity index is 1.40. The minimum absolute atomic E-state index is 0.00157. The SMILES string of the molecule is O=C(NCCCc1ccccc1)NC1CC(=O)N(c2ccc(Cl)cc2)C1. The fourth-order valence-electron chi connectivity index (χ4n) is 3.05. The van der Waals surface area contributed by atoms with Crippen molar-refractivity contribution in [3.8, 4) is 0 Å². The standard InChI is InChI=1S/C20H22ClN3O2/c21-16-8-10-18(11-9-16)24-14-17(13-19(24)25)23-20(26)22-12-4-7-15-5-2-1-3-6-15/h1-3,5-6,8-11,17H,4,7,12-14H2,(H2,22,23,26). The fourth-order valence-corrected chi connectivity index (χ4v) is 3.18. The van der Waals surface area contributed by atoms with E-state index in [4.69, 9.17) is 11.6 Å². The third kappa shape index (κ3) is 4.99. The molecule has 1 aliphatic heterocycles. The van der Waals surface area contributed by atoms with Gasteiger partial charge in [0.15, 0.2) is 0 Å². The van der Waals surface area contributed by atoms with Crippen molar-refractivity contribution in [1.29, 1.82) is 0 Å². The van der Waals surface area contributed by atoms with Crippen LogP contribution < -0.4 is 15.5 Å². The predicted molar refractivity (Wildman–Crippen MR) is 104 cm³/mol. The van der Waals surface area contributed by atoms with Crippen molar-refractivity contribution in [2.75, 3.05) is 18.0 Å². The molecule has 0 spiro atoms. The van der Waals surface area contributed by atoms with E-state index in [1.165, 1.54) is 5.56 Å². The molecule has 1 heterocycles. The second kappa shape index (κ2) is 8.72. The molecular formula is C20H22ClN3O2. The minimum atomic E-state index is -0.228. The molecule has 3 amide bonds. The number of anilines is 1. The van der Waals surface area contributed by atoms with Gasteiger partial charge in [-0.2, -0.15) is 0 Å². The van der Waals surface area contributed by atoms with Crippen LogP contribution in [0.3, 0.4) is 0 Å². The zero-order valence-corrected chi connectivity index (χ0v) is 15.2. The number of amides is 3. The summed E-state index contributed by atoms with van der Waals surface area (Å²) < 4.78 is 0. The lowest BCUT2D eigenvalue weighted by Gasteiger charge is -2.17. The van der Waals surface area contributed by atoms with E-state index in [1.54, 1.807) is 17.0 Å². The number of aryl methyl sites for hydroxylation is 1. The lowest BCUT2D eigenvalue weighted by Crippen LogP contribution is -2.43. The van der Waals surface area contributed by atoms with Gasteiger partial charge in [0.1, 0.15) is 0 Å². The third-order valence-corrected chi connectivity index (χ3v) is 4.62. The lowest BCUT2D eigenvalue weighted by atomic mass is 10.1. The second-order valence-electron chi connectivity index (χ2n) is 6.37. The molecule has 1 aliphatic rings. The largest absolute Gasteiger partial charge is 0.338 e. The second-order valence-corrected chi connectivity index (χ2v) is 6.81. The van der Waals surface area contributed by atoms with Crippen LogP contribution >= 0.6 is 11.6 Å². The molecule has 5 nitrogen and oxygen atoms in total. The highest BCUT2D eigenvalue weighted by molar-refractivity contribution is 6.30. The molecule has 0 aromatic heterocycles. The Morgan fingerprint density at radius 2 is 1.85 bits per heavy atom. The van der Waals surface area contributed by atoms with Crippen molar-refractivity contribution >= 4 is 29.2 Å². The van der Waals surface area contributed by atoms with Gasteiger partial charge in [-0.25, -0.2) is 4.79 Å². The van der Waals surface area contributed by atoms with Gasteiger partial charge in [0, 0.05) is 30.2 Å². The molecule has 2 aromatic carbocycles. The van der Waals surface area contributed by atoms with Crippen molar-refractivity contribution in [2.24, 2.45) is 0 Å². The Hall–Kier alpha value is -2.53. The topological polar surface area (TPSA) is 61.4 Å². The van der Waals surface area contributed by atoms with Crippen LogP contribution in [0.4, 0.5) is 10.5 Å². The van der Waals surface area contributed by atoms with Crippen molar-refractivity contribution in [3.05, 3.63) is 65.2 Å². The van der Waals surface area contributed by atoms with Crippen LogP contribution in [0.2, 0.25) is 5.02 Å². The summed E-state index contributed by atoms with van der Waals surface area (Å²) in [4.78, 5) is 25.9. The summed E-state index contributed by atoms with van der Waals surface area (Å²) in [6.45, 7) is 1.07. The maximum atomic E-state index is 12.2. The van der Waals surface area contributed by atoms with Crippen LogP contribution in [0.15, 0.2) is 54.6 Å². The normalized spacial score (nSPS) is 16.6. The molecule has 0 bridgehead atoms. The first-order valence-corrected chi connectivity index (χ1v) is 9.14. The summed E-state index contributed by atoms with van der Waals surface area (Å²) >= 11 is 5.88. The highest BCUT2D eigenvalue weighted by Gasteiger charge is 2.31. The molecule has 136 valence electrons. The number of carbonyl (C=O) groups is 2. The quantitative estimate of drug-likeness (QED) is 0.765. The number of urea groups is 1. The van der Waals surface area contributed by atoms with E-state index < -0.39 is 0 Å². The zero-order valence-electron chi connectivity index (χ0n) is 14.5. The summed E-state index contributed by atoms with van der Waals surface area (Å²) in [6, 6.07) is 16.9. The van der Waals surface area contributed by atoms with Gasteiger partial charge in [0.05, 0.1) is 6.04 Å². The molecule has 6 heteroatoms. The molecule has 1 saturated heterocycles. The van der Waals surface area contributed by atoms with Gasteiger partial charge >= 0.3 is 6.03 Å². The number of halogens is 1. The molecule has 0 saturated carbocycles. The average Bonchev–Trinajstić information content (AvgIpc) is 3.00. The zero-order chi connectivity index (χ0) is 18.4. The Kier molecular flexibility index (Phi) is 6.12. The fraction of sp³-hybridized carbons (Fsp3) is 0.300. The predicted octanol–water partition coefficient (Wildman–Crippen LogP) is 3.38. The van der Waals surface area contributed by atoms with E-state index >= 15 is 0 Å². The Bertz CT molecular complexity index is 749. The number of hydrogen-bond donors (Lipinski definition) is 2. The van der Waals surface area contributed by atoms with Crippen LogP contribution in [0.25, 0.3) is 0 Å². The first-order valence-electron chi connectivity index (χ1n) is 8.76. The third-order valence-electron chi connectivity index (χ3n) is 4.37. The maximum Gasteiger partial charge on any atom is 0.315 e. The summed E-state index contributed by atoms with van der Waals surface area (Å²) in [5.74, 6) is 0.00157. The number of carbonyl (C=O) groups excluding carboxylic acids is 2. The average molecular weight is 372 g/mol. The molecule has 1 fully saturated rings. The highest BCUT2D eigenvalue weighted by atomic mass is 35.5. The van der Waals surface area contributed by atoms with E-state index in [0.29, 0.717) is 24.5 Å². The van der Waals surface area contributed by atoms with Gasteiger partial charge in [-0.3, -0.25) is 4.79 Å². The van der Waals surface area contributed by atoms with E-state index in [0.717, 1.165) is 18.5 Å². The number of hydrogen-bond acceptors (Lipinski definition) is 2. The van der Waals surface area contributed by atoms with E-state index in [2.05, 4.69) is 22.8 Å². The van der Waals surface area contributed by atoms with Crippen molar-refractivity contribution < 1.29 is 9.59 Å². The monoisotopic (exact) mass is 371 g/mol. The van der Waals surface area contributed by atoms with Gasteiger partial charge < -0.3 is 15.5 Å². The first-order chi connectivity index (χ1) is 12.6. The first kappa shape index (κ1) is 18.3. The van der Waals surface area contributed by atoms with Crippen molar-refractivity contribution in [3.63, 3.8) is 0 Å². The number of nitrogens with one attached hydrogen (secondary N) is 2. The molecule has 2 N–H and O–H groups in total. The van der Waals surface area contributed by atoms with E-state index in [9.17, 15) is 9.59 Å².